The van der Waals surface area contributed by atoms with Crippen molar-refractivity contribution in [2.24, 2.45) is 7.05 Å². The van der Waals surface area contributed by atoms with Gasteiger partial charge in [0.2, 0.25) is 0 Å². The Balaban J connectivity index is 1.85. The highest BCUT2D eigenvalue weighted by molar-refractivity contribution is 5.87. The Hall–Kier alpha value is -3.09. The van der Waals surface area contributed by atoms with Gasteiger partial charge in [-0.3, -0.25) is 4.68 Å². The van der Waals surface area contributed by atoms with E-state index in [0.717, 1.165) is 35.5 Å². The van der Waals surface area contributed by atoms with E-state index in [-0.39, 0.29) is 11.5 Å². The fourth-order valence-electron chi connectivity index (χ4n) is 3.72. The summed E-state index contributed by atoms with van der Waals surface area (Å²) >= 11 is 0. The zero-order chi connectivity index (χ0) is 19.4. The van der Waals surface area contributed by atoms with Crippen LogP contribution in [0, 0.1) is 6.92 Å². The van der Waals surface area contributed by atoms with Crippen molar-refractivity contribution in [3.63, 3.8) is 0 Å². The normalized spacial score (nSPS) is 14.3. The molecule has 0 saturated heterocycles. The van der Waals surface area contributed by atoms with E-state index >= 15 is 0 Å². The van der Waals surface area contributed by atoms with Crippen molar-refractivity contribution < 1.29 is 8.78 Å². The molecule has 1 aromatic carbocycles. The maximum atomic E-state index is 14.1. The van der Waals surface area contributed by atoms with Crippen LogP contribution in [0.4, 0.5) is 8.78 Å². The van der Waals surface area contributed by atoms with Gasteiger partial charge >= 0.3 is 0 Å². The SMILES string of the molecule is Cc1nn(C)cc1-c1cc(C(F)F)c2c(C3CC3)nn(-c3ccccc3)c2n1. The molecule has 5 nitrogen and oxygen atoms in total. The summed E-state index contributed by atoms with van der Waals surface area (Å²) in [6.07, 6.45) is 1.16. The first kappa shape index (κ1) is 17.0. The Morgan fingerprint density at radius 2 is 1.86 bits per heavy atom. The number of halogens is 2. The van der Waals surface area contributed by atoms with E-state index in [9.17, 15) is 8.78 Å². The number of hydrogen-bond acceptors (Lipinski definition) is 3. The standard InChI is InChI=1S/C21H19F2N5/c1-12-16(11-27(2)25-12)17-10-15(20(22)23)18-19(13-8-9-13)26-28(21(18)24-17)14-6-4-3-5-7-14/h3-7,10-11,13,20H,8-9H2,1-2H3. The minimum Gasteiger partial charge on any atom is -0.275 e. The lowest BCUT2D eigenvalue weighted by molar-refractivity contribution is 0.153. The van der Waals surface area contributed by atoms with Gasteiger partial charge in [-0.05, 0) is 38.0 Å². The number of para-hydroxylation sites is 1. The fourth-order valence-corrected chi connectivity index (χ4v) is 3.72. The van der Waals surface area contributed by atoms with Gasteiger partial charge in [0.1, 0.15) is 0 Å². The van der Waals surface area contributed by atoms with Crippen molar-refractivity contribution in [3.8, 4) is 16.9 Å². The van der Waals surface area contributed by atoms with Gasteiger partial charge in [0.25, 0.3) is 6.43 Å². The van der Waals surface area contributed by atoms with Gasteiger partial charge in [0, 0.05) is 30.3 Å². The number of fused-ring (bicyclic) bond motifs is 1. The third-order valence-electron chi connectivity index (χ3n) is 5.18. The third kappa shape index (κ3) is 2.69. The summed E-state index contributed by atoms with van der Waals surface area (Å²) in [6, 6.07) is 11.1. The molecule has 0 radical (unpaired) electrons. The first-order valence-corrected chi connectivity index (χ1v) is 9.30. The Labute approximate surface area is 160 Å². The summed E-state index contributed by atoms with van der Waals surface area (Å²) in [7, 11) is 1.81. The molecule has 0 amide bonds. The fraction of sp³-hybridized carbons (Fsp3) is 0.286. The molecule has 1 aliphatic rings. The van der Waals surface area contributed by atoms with E-state index in [4.69, 9.17) is 10.1 Å². The largest absolute Gasteiger partial charge is 0.275 e. The minimum atomic E-state index is -2.60. The second-order valence-corrected chi connectivity index (χ2v) is 7.30. The molecule has 0 N–H and O–H groups in total. The molecule has 4 aromatic rings. The molecule has 3 heterocycles. The molecule has 1 saturated carbocycles. The van der Waals surface area contributed by atoms with Crippen LogP contribution in [-0.4, -0.2) is 24.5 Å². The molecule has 0 atom stereocenters. The van der Waals surface area contributed by atoms with E-state index in [0.29, 0.717) is 16.7 Å². The first-order valence-electron chi connectivity index (χ1n) is 9.30. The predicted molar refractivity (Wildman–Crippen MR) is 103 cm³/mol. The molecule has 1 fully saturated rings. The number of nitrogens with zero attached hydrogens (tertiary/aromatic N) is 5. The topological polar surface area (TPSA) is 48.5 Å². The summed E-state index contributed by atoms with van der Waals surface area (Å²) in [4.78, 5) is 4.78. The van der Waals surface area contributed by atoms with E-state index in [1.165, 1.54) is 6.07 Å². The number of rotatable bonds is 4. The highest BCUT2D eigenvalue weighted by Crippen LogP contribution is 2.45. The van der Waals surface area contributed by atoms with Crippen LogP contribution in [-0.2, 0) is 7.05 Å². The zero-order valence-electron chi connectivity index (χ0n) is 15.6. The zero-order valence-corrected chi connectivity index (χ0v) is 15.6. The van der Waals surface area contributed by atoms with Crippen LogP contribution >= 0.6 is 0 Å². The minimum absolute atomic E-state index is 0.00710. The van der Waals surface area contributed by atoms with Crippen LogP contribution in [0.2, 0.25) is 0 Å². The molecule has 5 rings (SSSR count). The summed E-state index contributed by atoms with van der Waals surface area (Å²) in [5.74, 6) is 0.234. The Morgan fingerprint density at radius 3 is 2.46 bits per heavy atom. The van der Waals surface area contributed by atoms with Crippen LogP contribution in [0.5, 0.6) is 0 Å². The number of aromatic nitrogens is 5. The first-order chi connectivity index (χ1) is 13.5. The molecule has 0 unspecified atom stereocenters. The van der Waals surface area contributed by atoms with Crippen LogP contribution in [0.3, 0.4) is 0 Å². The lowest BCUT2D eigenvalue weighted by Crippen LogP contribution is -1.99. The number of benzene rings is 1. The summed E-state index contributed by atoms with van der Waals surface area (Å²) in [5, 5.41) is 9.55. The molecular formula is C21H19F2N5. The second-order valence-electron chi connectivity index (χ2n) is 7.30. The number of pyridine rings is 1. The molecule has 0 bridgehead atoms. The van der Waals surface area contributed by atoms with Gasteiger partial charge in [-0.15, -0.1) is 0 Å². The van der Waals surface area contributed by atoms with Crippen LogP contribution in [0.25, 0.3) is 28.0 Å². The van der Waals surface area contributed by atoms with Gasteiger partial charge in [-0.1, -0.05) is 18.2 Å². The summed E-state index contributed by atoms with van der Waals surface area (Å²) < 4.78 is 31.5. The highest BCUT2D eigenvalue weighted by Gasteiger charge is 2.33. The van der Waals surface area contributed by atoms with Crippen LogP contribution < -0.4 is 0 Å². The van der Waals surface area contributed by atoms with Crippen molar-refractivity contribution >= 4 is 11.0 Å². The molecule has 142 valence electrons. The third-order valence-corrected chi connectivity index (χ3v) is 5.18. The Kier molecular flexibility index (Phi) is 3.79. The molecular weight excluding hydrogens is 360 g/mol. The van der Waals surface area contributed by atoms with Crippen molar-refractivity contribution in [3.05, 3.63) is 59.5 Å². The molecule has 0 spiro atoms. The lowest BCUT2D eigenvalue weighted by Gasteiger charge is -2.08. The molecule has 7 heteroatoms. The lowest BCUT2D eigenvalue weighted by atomic mass is 10.0. The van der Waals surface area contributed by atoms with Gasteiger partial charge < -0.3 is 0 Å². The number of hydrogen-bond donors (Lipinski definition) is 0. The van der Waals surface area contributed by atoms with Crippen LogP contribution in [0.15, 0.2) is 42.6 Å². The van der Waals surface area contributed by atoms with Gasteiger partial charge in [-0.25, -0.2) is 18.4 Å². The molecule has 3 aromatic heterocycles. The van der Waals surface area contributed by atoms with Gasteiger partial charge in [0.15, 0.2) is 5.65 Å². The van der Waals surface area contributed by atoms with E-state index in [1.807, 2.05) is 50.5 Å². The number of alkyl halides is 2. The van der Waals surface area contributed by atoms with Crippen LogP contribution in [0.1, 0.15) is 42.1 Å². The van der Waals surface area contributed by atoms with Crippen molar-refractivity contribution in [2.75, 3.05) is 0 Å². The van der Waals surface area contributed by atoms with Crippen molar-refractivity contribution in [1.82, 2.24) is 24.5 Å². The van der Waals surface area contributed by atoms with Gasteiger partial charge in [-0.2, -0.15) is 10.2 Å². The number of aryl methyl sites for hydroxylation is 2. The van der Waals surface area contributed by atoms with E-state index in [1.54, 1.807) is 9.36 Å². The monoisotopic (exact) mass is 379 g/mol. The average molecular weight is 379 g/mol. The van der Waals surface area contributed by atoms with E-state index in [2.05, 4.69) is 5.10 Å². The quantitative estimate of drug-likeness (QED) is 0.504. The smallest absolute Gasteiger partial charge is 0.264 e. The summed E-state index contributed by atoms with van der Waals surface area (Å²) in [5.41, 5.74) is 4.01. The highest BCUT2D eigenvalue weighted by atomic mass is 19.3. The van der Waals surface area contributed by atoms with Gasteiger partial charge in [0.05, 0.1) is 28.2 Å². The molecule has 0 aliphatic heterocycles. The maximum absolute atomic E-state index is 14.1. The van der Waals surface area contributed by atoms with Crippen molar-refractivity contribution in [1.29, 1.82) is 0 Å². The average Bonchev–Trinajstić information content (AvgIpc) is 3.37. The van der Waals surface area contributed by atoms with E-state index < -0.39 is 6.43 Å². The Bertz CT molecular complexity index is 1170. The Morgan fingerprint density at radius 1 is 1.11 bits per heavy atom. The predicted octanol–water partition coefficient (Wildman–Crippen LogP) is 4.94. The maximum Gasteiger partial charge on any atom is 0.264 e. The molecule has 1 aliphatic carbocycles. The second kappa shape index (κ2) is 6.22. The van der Waals surface area contributed by atoms with Crippen molar-refractivity contribution in [2.45, 2.75) is 32.1 Å². The molecule has 28 heavy (non-hydrogen) atoms. The summed E-state index contributed by atoms with van der Waals surface area (Å²) in [6.45, 7) is 1.85.